The fourth-order valence-electron chi connectivity index (χ4n) is 4.93. The van der Waals surface area contributed by atoms with Gasteiger partial charge in [0.2, 0.25) is 0 Å². The SMILES string of the molecule is CC(OCc1ccccc1)C(NC(=O)c1cc(NC(=O)OCC2c3ccccc3-c3ccccc32)n(C)n1)C(=O)O. The first-order chi connectivity index (χ1) is 19.8. The number of fused-ring (bicyclic) bond motifs is 3. The number of ether oxygens (including phenoxy) is 2. The summed E-state index contributed by atoms with van der Waals surface area (Å²) in [5, 5.41) is 18.9. The minimum atomic E-state index is -1.31. The highest BCUT2D eigenvalue weighted by molar-refractivity contribution is 5.96. The lowest BCUT2D eigenvalue weighted by molar-refractivity contribution is -0.143. The van der Waals surface area contributed by atoms with Gasteiger partial charge in [-0.05, 0) is 34.7 Å². The summed E-state index contributed by atoms with van der Waals surface area (Å²) in [5.41, 5.74) is 5.25. The Balaban J connectivity index is 1.19. The van der Waals surface area contributed by atoms with E-state index in [2.05, 4.69) is 27.9 Å². The van der Waals surface area contributed by atoms with E-state index in [1.807, 2.05) is 66.7 Å². The van der Waals surface area contributed by atoms with Crippen LogP contribution in [0.4, 0.5) is 10.6 Å². The third kappa shape index (κ3) is 6.12. The van der Waals surface area contributed by atoms with Crippen LogP contribution in [0.1, 0.15) is 40.0 Å². The molecule has 2 amide bonds. The molecule has 0 aliphatic heterocycles. The molecule has 41 heavy (non-hydrogen) atoms. The van der Waals surface area contributed by atoms with E-state index in [0.717, 1.165) is 27.8 Å². The molecule has 10 nitrogen and oxygen atoms in total. The number of benzene rings is 3. The van der Waals surface area contributed by atoms with Crippen molar-refractivity contribution in [3.05, 3.63) is 107 Å². The van der Waals surface area contributed by atoms with E-state index in [1.54, 1.807) is 14.0 Å². The zero-order valence-electron chi connectivity index (χ0n) is 22.6. The van der Waals surface area contributed by atoms with Crippen molar-refractivity contribution in [2.45, 2.75) is 31.6 Å². The molecule has 1 aromatic heterocycles. The quantitative estimate of drug-likeness (QED) is 0.262. The van der Waals surface area contributed by atoms with Gasteiger partial charge in [0.05, 0.1) is 12.7 Å². The van der Waals surface area contributed by atoms with E-state index in [0.29, 0.717) is 0 Å². The number of carbonyl (C=O) groups excluding carboxylic acids is 2. The molecule has 1 heterocycles. The second-order valence-electron chi connectivity index (χ2n) is 9.78. The number of aromatic nitrogens is 2. The topological polar surface area (TPSA) is 132 Å². The third-order valence-electron chi connectivity index (χ3n) is 7.06. The lowest BCUT2D eigenvalue weighted by atomic mass is 9.98. The Hall–Kier alpha value is -4.96. The van der Waals surface area contributed by atoms with E-state index in [1.165, 1.54) is 10.7 Å². The van der Waals surface area contributed by atoms with Gasteiger partial charge in [-0.3, -0.25) is 14.8 Å². The maximum Gasteiger partial charge on any atom is 0.412 e. The second kappa shape index (κ2) is 12.1. The molecule has 5 rings (SSSR count). The highest BCUT2D eigenvalue weighted by Crippen LogP contribution is 2.44. The van der Waals surface area contributed by atoms with Crippen molar-refractivity contribution in [3.8, 4) is 11.1 Å². The summed E-state index contributed by atoms with van der Waals surface area (Å²) in [5.74, 6) is -1.84. The van der Waals surface area contributed by atoms with E-state index < -0.39 is 30.1 Å². The first-order valence-corrected chi connectivity index (χ1v) is 13.2. The van der Waals surface area contributed by atoms with E-state index in [9.17, 15) is 19.5 Å². The molecule has 1 aliphatic rings. The third-order valence-corrected chi connectivity index (χ3v) is 7.06. The Labute approximate surface area is 236 Å². The summed E-state index contributed by atoms with van der Waals surface area (Å²) in [6.45, 7) is 1.90. The maximum absolute atomic E-state index is 12.9. The highest BCUT2D eigenvalue weighted by Gasteiger charge is 2.30. The lowest BCUT2D eigenvalue weighted by Gasteiger charge is -2.21. The average molecular weight is 555 g/mol. The number of nitrogens with one attached hydrogen (secondary N) is 2. The number of aryl methyl sites for hydroxylation is 1. The Morgan fingerprint density at radius 1 is 0.951 bits per heavy atom. The summed E-state index contributed by atoms with van der Waals surface area (Å²) in [4.78, 5) is 37.5. The van der Waals surface area contributed by atoms with Gasteiger partial charge in [0.1, 0.15) is 12.4 Å². The Morgan fingerprint density at radius 3 is 2.20 bits per heavy atom. The number of aliphatic carboxylic acids is 1. The molecule has 0 spiro atoms. The van der Waals surface area contributed by atoms with Crippen LogP contribution in [-0.4, -0.2) is 51.6 Å². The molecule has 3 N–H and O–H groups in total. The van der Waals surface area contributed by atoms with Crippen molar-refractivity contribution in [2.24, 2.45) is 7.05 Å². The van der Waals surface area contributed by atoms with Gasteiger partial charge in [-0.15, -0.1) is 0 Å². The van der Waals surface area contributed by atoms with Gasteiger partial charge in [-0.2, -0.15) is 5.10 Å². The predicted octanol–water partition coefficient (Wildman–Crippen LogP) is 4.57. The molecule has 0 saturated heterocycles. The maximum atomic E-state index is 12.9. The fraction of sp³-hybridized carbons (Fsp3) is 0.226. The van der Waals surface area contributed by atoms with Crippen molar-refractivity contribution < 1.29 is 29.0 Å². The largest absolute Gasteiger partial charge is 0.480 e. The van der Waals surface area contributed by atoms with Gasteiger partial charge in [-0.1, -0.05) is 78.9 Å². The summed E-state index contributed by atoms with van der Waals surface area (Å²) < 4.78 is 12.6. The van der Waals surface area contributed by atoms with Crippen LogP contribution in [-0.2, 0) is 27.9 Å². The molecule has 3 aromatic carbocycles. The minimum absolute atomic E-state index is 0.0667. The molecule has 210 valence electrons. The van der Waals surface area contributed by atoms with E-state index >= 15 is 0 Å². The summed E-state index contributed by atoms with van der Waals surface area (Å²) in [6, 6.07) is 25.4. The predicted molar refractivity (Wildman–Crippen MR) is 151 cm³/mol. The molecule has 0 fully saturated rings. The molecule has 0 bridgehead atoms. The summed E-state index contributed by atoms with van der Waals surface area (Å²) in [7, 11) is 1.55. The van der Waals surface area contributed by atoms with Crippen LogP contribution >= 0.6 is 0 Å². The van der Waals surface area contributed by atoms with Crippen molar-refractivity contribution in [2.75, 3.05) is 11.9 Å². The first kappa shape index (κ1) is 27.6. The summed E-state index contributed by atoms with van der Waals surface area (Å²) in [6.07, 6.45) is -1.52. The zero-order valence-corrected chi connectivity index (χ0v) is 22.6. The van der Waals surface area contributed by atoms with Gasteiger partial charge in [0, 0.05) is 19.0 Å². The molecular formula is C31H30N4O6. The van der Waals surface area contributed by atoms with Crippen molar-refractivity contribution in [1.82, 2.24) is 15.1 Å². The van der Waals surface area contributed by atoms with Crippen molar-refractivity contribution in [1.29, 1.82) is 0 Å². The number of hydrogen-bond donors (Lipinski definition) is 3. The number of carboxylic acids is 1. The number of rotatable bonds is 10. The minimum Gasteiger partial charge on any atom is -0.480 e. The van der Waals surface area contributed by atoms with Crippen LogP contribution < -0.4 is 10.6 Å². The Bertz CT molecular complexity index is 1520. The zero-order chi connectivity index (χ0) is 28.9. The van der Waals surface area contributed by atoms with Gasteiger partial charge >= 0.3 is 12.1 Å². The van der Waals surface area contributed by atoms with E-state index in [-0.39, 0.29) is 30.6 Å². The molecule has 10 heteroatoms. The van der Waals surface area contributed by atoms with Crippen molar-refractivity contribution >= 4 is 23.8 Å². The molecule has 0 saturated carbocycles. The molecule has 2 atom stereocenters. The molecule has 0 radical (unpaired) electrons. The number of nitrogens with zero attached hydrogens (tertiary/aromatic N) is 2. The molecule has 4 aromatic rings. The van der Waals surface area contributed by atoms with Gasteiger partial charge in [-0.25, -0.2) is 9.59 Å². The molecular weight excluding hydrogens is 524 g/mol. The number of hydrogen-bond acceptors (Lipinski definition) is 6. The van der Waals surface area contributed by atoms with Crippen molar-refractivity contribution in [3.63, 3.8) is 0 Å². The number of anilines is 1. The molecule has 1 aliphatic carbocycles. The van der Waals surface area contributed by atoms with Crippen LogP contribution in [0.3, 0.4) is 0 Å². The fourth-order valence-corrected chi connectivity index (χ4v) is 4.93. The standard InChI is InChI=1S/C31H30N4O6/c1-19(40-17-20-10-4-3-5-11-20)28(30(37)38)33-29(36)26-16-27(35(2)34-26)32-31(39)41-18-25-23-14-8-6-12-21(23)22-13-7-9-15-24(22)25/h3-16,19,25,28H,17-18H2,1-2H3,(H,32,39)(H,33,36)(H,37,38). The second-order valence-corrected chi connectivity index (χ2v) is 9.78. The van der Waals surface area contributed by atoms with Gasteiger partial charge in [0.25, 0.3) is 5.91 Å². The van der Waals surface area contributed by atoms with Crippen LogP contribution in [0.15, 0.2) is 84.9 Å². The average Bonchev–Trinajstić information content (AvgIpc) is 3.51. The normalized spacial score (nSPS) is 13.5. The smallest absolute Gasteiger partial charge is 0.412 e. The molecule has 2 unspecified atom stereocenters. The first-order valence-electron chi connectivity index (χ1n) is 13.2. The number of carbonyl (C=O) groups is 3. The van der Waals surface area contributed by atoms with E-state index in [4.69, 9.17) is 9.47 Å². The summed E-state index contributed by atoms with van der Waals surface area (Å²) >= 11 is 0. The van der Waals surface area contributed by atoms with Crippen LogP contribution in [0.25, 0.3) is 11.1 Å². The van der Waals surface area contributed by atoms with Crippen LogP contribution in [0.2, 0.25) is 0 Å². The van der Waals surface area contributed by atoms with Gasteiger partial charge in [0.15, 0.2) is 11.7 Å². The highest BCUT2D eigenvalue weighted by atomic mass is 16.5. The number of amides is 2. The van der Waals surface area contributed by atoms with Crippen LogP contribution in [0.5, 0.6) is 0 Å². The lowest BCUT2D eigenvalue weighted by Crippen LogP contribution is -2.48. The van der Waals surface area contributed by atoms with Crippen LogP contribution in [0, 0.1) is 0 Å². The Kier molecular flexibility index (Phi) is 8.11. The Morgan fingerprint density at radius 2 is 1.56 bits per heavy atom. The monoisotopic (exact) mass is 554 g/mol. The number of carboxylic acid groups (broad SMARTS) is 1. The van der Waals surface area contributed by atoms with Gasteiger partial charge < -0.3 is 19.9 Å².